The number of rotatable bonds is 11. The van der Waals surface area contributed by atoms with Gasteiger partial charge in [0.2, 0.25) is 5.91 Å². The van der Waals surface area contributed by atoms with Gasteiger partial charge in [-0.15, -0.1) is 0 Å². The molecule has 45 heavy (non-hydrogen) atoms. The van der Waals surface area contributed by atoms with E-state index in [-0.39, 0.29) is 5.91 Å². The number of carboxylic acids is 1. The van der Waals surface area contributed by atoms with Gasteiger partial charge in [0.25, 0.3) is 0 Å². The molecular weight excluding hydrogens is 594 g/mol. The fourth-order valence-corrected chi connectivity index (χ4v) is 6.11. The summed E-state index contributed by atoms with van der Waals surface area (Å²) in [6.45, 7) is 3.13. The Bertz CT molecular complexity index is 1750. The molecule has 0 spiro atoms. The van der Waals surface area contributed by atoms with Crippen LogP contribution in [0.3, 0.4) is 0 Å². The number of hydrogen-bond acceptors (Lipinski definition) is 5. The molecule has 232 valence electrons. The maximum atomic E-state index is 13.4. The molecule has 2 aliphatic rings. The first-order valence-electron chi connectivity index (χ1n) is 15.0. The van der Waals surface area contributed by atoms with Crippen LogP contribution in [0.1, 0.15) is 41.9 Å². The number of nitrogens with one attached hydrogen (secondary N) is 2. The number of hydrogen-bond donors (Lipinski definition) is 3. The lowest BCUT2D eigenvalue weighted by molar-refractivity contribution is -0.135. The minimum absolute atomic E-state index is 0.103. The van der Waals surface area contributed by atoms with E-state index < -0.39 is 18.5 Å². The van der Waals surface area contributed by atoms with Crippen LogP contribution in [0.25, 0.3) is 11.1 Å². The molecule has 10 nitrogen and oxygen atoms in total. The molecule has 1 aliphatic heterocycles. The lowest BCUT2D eigenvalue weighted by Gasteiger charge is -2.30. The van der Waals surface area contributed by atoms with Gasteiger partial charge in [0.05, 0.1) is 19.3 Å². The number of amides is 3. The van der Waals surface area contributed by atoms with Gasteiger partial charge in [0.15, 0.2) is 0 Å². The SMILES string of the molecule is Cc1c(Cl)cccc1OCCCC(=O)N1C[C@@H]2C[C@@H]2c2c(-c3cnn(Cc4cccc(NC(=O)NCC(=O)O)c4)c3)cccc21. The molecule has 3 amide bonds. The Morgan fingerprint density at radius 2 is 1.93 bits per heavy atom. The van der Waals surface area contributed by atoms with E-state index >= 15 is 0 Å². The van der Waals surface area contributed by atoms with Crippen LogP contribution in [-0.4, -0.2) is 52.5 Å². The molecule has 3 N–H and O–H groups in total. The average molecular weight is 628 g/mol. The first-order valence-corrected chi connectivity index (χ1v) is 15.3. The van der Waals surface area contributed by atoms with Gasteiger partial charge in [-0.2, -0.15) is 5.10 Å². The predicted molar refractivity (Wildman–Crippen MR) is 172 cm³/mol. The molecule has 2 atom stereocenters. The summed E-state index contributed by atoms with van der Waals surface area (Å²) in [5.41, 5.74) is 6.64. The van der Waals surface area contributed by atoms with Crippen molar-refractivity contribution in [3.8, 4) is 16.9 Å². The second kappa shape index (κ2) is 13.0. The molecule has 6 rings (SSSR count). The van der Waals surface area contributed by atoms with Crippen molar-refractivity contribution in [1.82, 2.24) is 15.1 Å². The van der Waals surface area contributed by atoms with Crippen LogP contribution in [0.4, 0.5) is 16.2 Å². The fraction of sp³-hybridized carbons (Fsp3) is 0.294. The number of anilines is 2. The highest BCUT2D eigenvalue weighted by molar-refractivity contribution is 6.31. The zero-order valence-corrected chi connectivity index (χ0v) is 25.6. The Kier molecular flexibility index (Phi) is 8.75. The summed E-state index contributed by atoms with van der Waals surface area (Å²) in [5, 5.41) is 19.0. The van der Waals surface area contributed by atoms with Crippen LogP contribution in [0.5, 0.6) is 5.75 Å². The molecule has 4 aromatic rings. The summed E-state index contributed by atoms with van der Waals surface area (Å²) >= 11 is 6.20. The number of halogens is 1. The minimum atomic E-state index is -1.12. The van der Waals surface area contributed by atoms with E-state index in [1.165, 1.54) is 5.56 Å². The van der Waals surface area contributed by atoms with Gasteiger partial charge >= 0.3 is 12.0 Å². The maximum Gasteiger partial charge on any atom is 0.323 e. The number of ether oxygens (including phenoxy) is 1. The first-order chi connectivity index (χ1) is 21.8. The van der Waals surface area contributed by atoms with Crippen LogP contribution in [0, 0.1) is 12.8 Å². The number of aromatic nitrogens is 2. The molecular formula is C34H34ClN5O5. The first kappa shape index (κ1) is 30.2. The zero-order chi connectivity index (χ0) is 31.5. The van der Waals surface area contributed by atoms with Crippen molar-refractivity contribution in [3.05, 3.63) is 94.8 Å². The second-order valence-corrected chi connectivity index (χ2v) is 11.9. The van der Waals surface area contributed by atoms with E-state index in [2.05, 4.69) is 21.8 Å². The number of aliphatic carboxylic acids is 1. The van der Waals surface area contributed by atoms with E-state index in [0.717, 1.165) is 46.7 Å². The number of carbonyl (C=O) groups is 3. The van der Waals surface area contributed by atoms with E-state index in [9.17, 15) is 14.4 Å². The fourth-order valence-electron chi connectivity index (χ4n) is 5.94. The molecule has 1 saturated carbocycles. The van der Waals surface area contributed by atoms with Crippen molar-refractivity contribution in [3.63, 3.8) is 0 Å². The molecule has 0 unspecified atom stereocenters. The molecule has 2 heterocycles. The van der Waals surface area contributed by atoms with Crippen LogP contribution < -0.4 is 20.3 Å². The van der Waals surface area contributed by atoms with Gasteiger partial charge in [-0.3, -0.25) is 14.3 Å². The molecule has 1 aromatic heterocycles. The summed E-state index contributed by atoms with van der Waals surface area (Å²) in [7, 11) is 0. The monoisotopic (exact) mass is 627 g/mol. The average Bonchev–Trinajstić information content (AvgIpc) is 3.67. The minimum Gasteiger partial charge on any atom is -0.493 e. The van der Waals surface area contributed by atoms with Crippen molar-refractivity contribution in [2.24, 2.45) is 5.92 Å². The summed E-state index contributed by atoms with van der Waals surface area (Å²) in [6, 6.07) is 18.5. The van der Waals surface area contributed by atoms with E-state index in [1.54, 1.807) is 6.07 Å². The van der Waals surface area contributed by atoms with Gasteiger partial charge in [-0.25, -0.2) is 4.79 Å². The summed E-state index contributed by atoms with van der Waals surface area (Å²) in [5.74, 6) is 0.634. The summed E-state index contributed by atoms with van der Waals surface area (Å²) in [4.78, 5) is 38.1. The third kappa shape index (κ3) is 6.96. The zero-order valence-electron chi connectivity index (χ0n) is 24.8. The van der Waals surface area contributed by atoms with Gasteiger partial charge in [-0.05, 0) is 78.6 Å². The highest BCUT2D eigenvalue weighted by Gasteiger charge is 2.47. The number of benzene rings is 3. The predicted octanol–water partition coefficient (Wildman–Crippen LogP) is 6.08. The maximum absolute atomic E-state index is 13.4. The quantitative estimate of drug-likeness (QED) is 0.173. The Morgan fingerprint density at radius 3 is 2.78 bits per heavy atom. The number of fused-ring (bicyclic) bond motifs is 3. The number of carboxylic acid groups (broad SMARTS) is 1. The third-order valence-electron chi connectivity index (χ3n) is 8.27. The standard InChI is InChI=1S/C34H34ClN5O5/c1-21-28(35)9-4-11-30(21)45-13-5-12-31(41)40-20-23-15-27(23)33-26(8-3-10-29(33)40)24-16-37-39(19-24)18-22-6-2-7-25(14-22)38-34(44)36-17-32(42)43/h2-4,6-11,14,16,19,23,27H,5,12-13,15,17-18,20H2,1H3,(H,42,43)(H2,36,38,44)/t23-,27-/m0/s1. The lowest BCUT2D eigenvalue weighted by atomic mass is 9.92. The normalized spacial score (nSPS) is 16.4. The number of nitrogens with zero attached hydrogens (tertiary/aromatic N) is 3. The van der Waals surface area contributed by atoms with Crippen molar-refractivity contribution in [2.45, 2.75) is 38.6 Å². The molecule has 0 bridgehead atoms. The highest BCUT2D eigenvalue weighted by atomic mass is 35.5. The van der Waals surface area contributed by atoms with Crippen molar-refractivity contribution >= 4 is 40.9 Å². The van der Waals surface area contributed by atoms with Gasteiger partial charge in [0, 0.05) is 46.7 Å². The molecule has 1 fully saturated rings. The molecule has 0 saturated heterocycles. The van der Waals surface area contributed by atoms with Gasteiger partial charge < -0.3 is 25.4 Å². The lowest BCUT2D eigenvalue weighted by Crippen LogP contribution is -2.36. The van der Waals surface area contributed by atoms with Crippen molar-refractivity contribution in [2.75, 3.05) is 29.9 Å². The molecule has 1 aliphatic carbocycles. The van der Waals surface area contributed by atoms with Crippen LogP contribution in [-0.2, 0) is 16.1 Å². The van der Waals surface area contributed by atoms with Gasteiger partial charge in [0.1, 0.15) is 12.3 Å². The van der Waals surface area contributed by atoms with Gasteiger partial charge in [-0.1, -0.05) is 41.9 Å². The highest BCUT2D eigenvalue weighted by Crippen LogP contribution is 2.57. The van der Waals surface area contributed by atoms with E-state index in [1.807, 2.05) is 77.4 Å². The summed E-state index contributed by atoms with van der Waals surface area (Å²) in [6.07, 6.45) is 5.93. The van der Waals surface area contributed by atoms with Crippen molar-refractivity contribution < 1.29 is 24.2 Å². The van der Waals surface area contributed by atoms with E-state index in [4.69, 9.17) is 21.4 Å². The second-order valence-electron chi connectivity index (χ2n) is 11.5. The largest absolute Gasteiger partial charge is 0.493 e. The smallest absolute Gasteiger partial charge is 0.323 e. The van der Waals surface area contributed by atoms with Crippen LogP contribution in [0.15, 0.2) is 73.1 Å². The third-order valence-corrected chi connectivity index (χ3v) is 8.68. The van der Waals surface area contributed by atoms with E-state index in [0.29, 0.717) is 48.5 Å². The Hall–Kier alpha value is -4.83. The molecule has 0 radical (unpaired) electrons. The Labute approximate surface area is 265 Å². The van der Waals surface area contributed by atoms with Crippen LogP contribution >= 0.6 is 11.6 Å². The Morgan fingerprint density at radius 1 is 1.11 bits per heavy atom. The Balaban J connectivity index is 1.11. The topological polar surface area (TPSA) is 126 Å². The van der Waals surface area contributed by atoms with Crippen molar-refractivity contribution in [1.29, 1.82) is 0 Å². The van der Waals surface area contributed by atoms with Crippen LogP contribution in [0.2, 0.25) is 5.02 Å². The summed E-state index contributed by atoms with van der Waals surface area (Å²) < 4.78 is 7.76. The number of carbonyl (C=O) groups excluding carboxylic acids is 2. The number of urea groups is 1. The molecule has 3 aromatic carbocycles. The molecule has 11 heteroatoms.